The molecule has 0 spiro atoms. The Morgan fingerprint density at radius 1 is 1.27 bits per heavy atom. The molecular formula is C11H11ClO3. The van der Waals surface area contributed by atoms with Gasteiger partial charge in [-0.1, -0.05) is 37.3 Å². The van der Waals surface area contributed by atoms with Crippen LogP contribution in [0.3, 0.4) is 0 Å². The smallest absolute Gasteiger partial charge is 0.308 e. The van der Waals surface area contributed by atoms with Crippen molar-refractivity contribution in [2.75, 3.05) is 0 Å². The molecule has 0 aromatic heterocycles. The third-order valence-corrected chi connectivity index (χ3v) is 2.71. The number of hydrogen-bond donors (Lipinski definition) is 1. The van der Waals surface area contributed by atoms with Gasteiger partial charge in [-0.15, -0.1) is 11.6 Å². The van der Waals surface area contributed by atoms with Crippen molar-refractivity contribution in [2.45, 2.75) is 12.3 Å². The second kappa shape index (κ2) is 4.94. The van der Waals surface area contributed by atoms with Gasteiger partial charge in [0.05, 0.1) is 5.92 Å². The van der Waals surface area contributed by atoms with E-state index >= 15 is 0 Å². The Hall–Kier alpha value is -1.35. The summed E-state index contributed by atoms with van der Waals surface area (Å²) in [4.78, 5) is 22.3. The summed E-state index contributed by atoms with van der Waals surface area (Å²) >= 11 is 5.78. The van der Waals surface area contributed by atoms with Crippen molar-refractivity contribution in [1.82, 2.24) is 0 Å². The molecule has 0 amide bonds. The lowest BCUT2D eigenvalue weighted by molar-refractivity contribution is -0.140. The summed E-state index contributed by atoms with van der Waals surface area (Å²) in [5.74, 6) is -2.31. The van der Waals surface area contributed by atoms with Crippen LogP contribution in [0, 0.1) is 5.92 Å². The molecular weight excluding hydrogens is 216 g/mol. The maximum absolute atomic E-state index is 11.7. The number of alkyl halides is 1. The van der Waals surface area contributed by atoms with Crippen LogP contribution >= 0.6 is 11.6 Å². The molecule has 0 bridgehead atoms. The first-order chi connectivity index (χ1) is 7.04. The van der Waals surface area contributed by atoms with E-state index in [2.05, 4.69) is 0 Å². The summed E-state index contributed by atoms with van der Waals surface area (Å²) in [5, 5.41) is 7.69. The Kier molecular flexibility index (Phi) is 3.86. The average Bonchev–Trinajstić information content (AvgIpc) is 2.27. The Morgan fingerprint density at radius 3 is 2.27 bits per heavy atom. The second-order valence-electron chi connectivity index (χ2n) is 3.26. The van der Waals surface area contributed by atoms with E-state index < -0.39 is 17.3 Å². The average molecular weight is 227 g/mol. The summed E-state index contributed by atoms with van der Waals surface area (Å²) in [6.45, 7) is 1.42. The second-order valence-corrected chi connectivity index (χ2v) is 3.73. The number of carbonyl (C=O) groups is 2. The Balaban J connectivity index is 2.82. The van der Waals surface area contributed by atoms with Crippen LogP contribution in [0.4, 0.5) is 0 Å². The highest BCUT2D eigenvalue weighted by Crippen LogP contribution is 2.16. The van der Waals surface area contributed by atoms with Crippen LogP contribution in [-0.4, -0.2) is 22.2 Å². The molecule has 0 aliphatic carbocycles. The maximum atomic E-state index is 11.7. The van der Waals surface area contributed by atoms with Crippen molar-refractivity contribution in [1.29, 1.82) is 0 Å². The zero-order chi connectivity index (χ0) is 11.4. The molecule has 0 saturated carbocycles. The third kappa shape index (κ3) is 2.80. The van der Waals surface area contributed by atoms with Crippen molar-refractivity contribution in [3.8, 4) is 0 Å². The van der Waals surface area contributed by atoms with Gasteiger partial charge in [-0.3, -0.25) is 9.59 Å². The Morgan fingerprint density at radius 2 is 1.80 bits per heavy atom. The lowest BCUT2D eigenvalue weighted by atomic mass is 9.99. The summed E-state index contributed by atoms with van der Waals surface area (Å²) in [6, 6.07) is 8.43. The van der Waals surface area contributed by atoms with Gasteiger partial charge in [-0.25, -0.2) is 0 Å². The molecule has 0 heterocycles. The first kappa shape index (κ1) is 11.7. The van der Waals surface area contributed by atoms with Crippen molar-refractivity contribution in [3.05, 3.63) is 35.9 Å². The maximum Gasteiger partial charge on any atom is 0.308 e. The van der Waals surface area contributed by atoms with Gasteiger partial charge >= 0.3 is 5.97 Å². The summed E-state index contributed by atoms with van der Waals surface area (Å²) in [5.41, 5.74) is 0.436. The van der Waals surface area contributed by atoms with Gasteiger partial charge in [-0.05, 0) is 0 Å². The number of ketones is 1. The fourth-order valence-corrected chi connectivity index (χ4v) is 1.35. The Labute approximate surface area is 92.7 Å². The number of halogens is 1. The lowest BCUT2D eigenvalue weighted by Gasteiger charge is -2.12. The van der Waals surface area contributed by atoms with Gasteiger partial charge in [0.15, 0.2) is 5.78 Å². The summed E-state index contributed by atoms with van der Waals surface area (Å²) < 4.78 is 0. The number of hydrogen-bond acceptors (Lipinski definition) is 2. The van der Waals surface area contributed by atoms with Crippen LogP contribution in [0.2, 0.25) is 0 Å². The molecule has 0 fully saturated rings. The monoisotopic (exact) mass is 226 g/mol. The highest BCUT2D eigenvalue weighted by molar-refractivity contribution is 6.35. The number of aliphatic carboxylic acids is 1. The molecule has 1 rings (SSSR count). The van der Waals surface area contributed by atoms with Gasteiger partial charge in [0.25, 0.3) is 0 Å². The zero-order valence-corrected chi connectivity index (χ0v) is 8.94. The van der Waals surface area contributed by atoms with E-state index in [1.807, 2.05) is 0 Å². The number of benzene rings is 1. The predicted octanol–water partition coefficient (Wildman–Crippen LogP) is 2.20. The van der Waals surface area contributed by atoms with Crippen LogP contribution in [0.1, 0.15) is 17.3 Å². The molecule has 2 atom stereocenters. The predicted molar refractivity (Wildman–Crippen MR) is 57.2 cm³/mol. The van der Waals surface area contributed by atoms with Gasteiger partial charge in [0, 0.05) is 5.56 Å². The van der Waals surface area contributed by atoms with Crippen molar-refractivity contribution in [2.24, 2.45) is 5.92 Å². The lowest BCUT2D eigenvalue weighted by Crippen LogP contribution is -2.28. The van der Waals surface area contributed by atoms with Crippen LogP contribution in [0.25, 0.3) is 0 Å². The van der Waals surface area contributed by atoms with E-state index in [1.165, 1.54) is 6.92 Å². The zero-order valence-electron chi connectivity index (χ0n) is 8.18. The van der Waals surface area contributed by atoms with E-state index in [4.69, 9.17) is 16.7 Å². The molecule has 0 saturated heterocycles. The quantitative estimate of drug-likeness (QED) is 0.633. The molecule has 1 aromatic rings. The third-order valence-electron chi connectivity index (χ3n) is 2.14. The Bertz CT molecular complexity index is 361. The van der Waals surface area contributed by atoms with Gasteiger partial charge < -0.3 is 5.11 Å². The minimum absolute atomic E-state index is 0.354. The largest absolute Gasteiger partial charge is 0.481 e. The van der Waals surface area contributed by atoms with Gasteiger partial charge in [0.2, 0.25) is 0 Å². The van der Waals surface area contributed by atoms with Crippen LogP contribution in [0.5, 0.6) is 0 Å². The number of carboxylic acids is 1. The molecule has 0 radical (unpaired) electrons. The highest BCUT2D eigenvalue weighted by atomic mass is 35.5. The minimum Gasteiger partial charge on any atom is -0.481 e. The molecule has 1 aromatic carbocycles. The molecule has 2 unspecified atom stereocenters. The SMILES string of the molecule is CC(C(=O)O)C(Cl)C(=O)c1ccccc1. The minimum atomic E-state index is -1.07. The first-order valence-electron chi connectivity index (χ1n) is 4.50. The highest BCUT2D eigenvalue weighted by Gasteiger charge is 2.28. The van der Waals surface area contributed by atoms with Crippen molar-refractivity contribution >= 4 is 23.4 Å². The van der Waals surface area contributed by atoms with E-state index in [9.17, 15) is 9.59 Å². The van der Waals surface area contributed by atoms with Crippen LogP contribution < -0.4 is 0 Å². The first-order valence-corrected chi connectivity index (χ1v) is 4.94. The fourth-order valence-electron chi connectivity index (χ4n) is 1.11. The van der Waals surface area contributed by atoms with Gasteiger partial charge in [0.1, 0.15) is 5.38 Å². The van der Waals surface area contributed by atoms with Gasteiger partial charge in [-0.2, -0.15) is 0 Å². The van der Waals surface area contributed by atoms with Crippen molar-refractivity contribution in [3.63, 3.8) is 0 Å². The summed E-state index contributed by atoms with van der Waals surface area (Å²) in [7, 11) is 0. The standard InChI is InChI=1S/C11H11ClO3/c1-7(11(14)15)9(12)10(13)8-5-3-2-4-6-8/h2-7,9H,1H3,(H,14,15). The number of carbonyl (C=O) groups excluding carboxylic acids is 1. The van der Waals surface area contributed by atoms with E-state index in [0.29, 0.717) is 5.56 Å². The van der Waals surface area contributed by atoms with Crippen LogP contribution in [0.15, 0.2) is 30.3 Å². The molecule has 1 N–H and O–H groups in total. The molecule has 3 nitrogen and oxygen atoms in total. The molecule has 0 aliphatic rings. The number of Topliss-reactive ketones (excluding diaryl/α,β-unsaturated/α-hetero) is 1. The normalized spacial score (nSPS) is 14.3. The van der Waals surface area contributed by atoms with Crippen molar-refractivity contribution < 1.29 is 14.7 Å². The number of rotatable bonds is 4. The molecule has 4 heteroatoms. The molecule has 15 heavy (non-hydrogen) atoms. The van der Waals surface area contributed by atoms with E-state index in [0.717, 1.165) is 0 Å². The fraction of sp³-hybridized carbons (Fsp3) is 0.273. The van der Waals surface area contributed by atoms with E-state index in [-0.39, 0.29) is 5.78 Å². The number of carboxylic acid groups (broad SMARTS) is 1. The topological polar surface area (TPSA) is 54.4 Å². The van der Waals surface area contributed by atoms with Crippen LogP contribution in [-0.2, 0) is 4.79 Å². The molecule has 0 aliphatic heterocycles. The molecule has 80 valence electrons. The van der Waals surface area contributed by atoms with E-state index in [1.54, 1.807) is 30.3 Å². The summed E-state index contributed by atoms with van der Waals surface area (Å²) in [6.07, 6.45) is 0.